The zero-order chi connectivity index (χ0) is 13.7. The van der Waals surface area contributed by atoms with E-state index in [1.54, 1.807) is 41.8 Å². The topological polar surface area (TPSA) is 58.9 Å². The summed E-state index contributed by atoms with van der Waals surface area (Å²) in [6.07, 6.45) is 0.551. The minimum absolute atomic E-state index is 0.121. The normalized spacial score (nSPS) is 11.3. The number of carbonyl (C=O) groups excluding carboxylic acids is 1. The lowest BCUT2D eigenvalue weighted by Crippen LogP contribution is -2.04. The SMILES string of the molecule is CCC(=NOC(=O)c1cccs1)c1ccccc1O. The van der Waals surface area contributed by atoms with Gasteiger partial charge in [0.2, 0.25) is 0 Å². The van der Waals surface area contributed by atoms with Gasteiger partial charge in [-0.3, -0.25) is 0 Å². The lowest BCUT2D eigenvalue weighted by molar-refractivity contribution is 0.0521. The van der Waals surface area contributed by atoms with Gasteiger partial charge in [-0.1, -0.05) is 30.3 Å². The number of aromatic hydroxyl groups is 1. The molecule has 1 N–H and O–H groups in total. The number of carbonyl (C=O) groups is 1. The number of rotatable bonds is 4. The van der Waals surface area contributed by atoms with Crippen LogP contribution >= 0.6 is 11.3 Å². The zero-order valence-electron chi connectivity index (χ0n) is 10.4. The van der Waals surface area contributed by atoms with E-state index in [1.165, 1.54) is 11.3 Å². The fourth-order valence-corrected chi connectivity index (χ4v) is 2.15. The molecule has 0 unspecified atom stereocenters. The van der Waals surface area contributed by atoms with E-state index in [0.717, 1.165) is 0 Å². The minimum atomic E-state index is -0.489. The average molecular weight is 275 g/mol. The van der Waals surface area contributed by atoms with Crippen LogP contribution in [0, 0.1) is 0 Å². The number of thiophene rings is 1. The summed E-state index contributed by atoms with van der Waals surface area (Å²) in [4.78, 5) is 17.1. The Morgan fingerprint density at radius 2 is 2.11 bits per heavy atom. The molecule has 0 spiro atoms. The number of oxime groups is 1. The second kappa shape index (κ2) is 6.15. The number of phenols is 1. The van der Waals surface area contributed by atoms with Gasteiger partial charge >= 0.3 is 5.97 Å². The quantitative estimate of drug-likeness (QED) is 0.528. The van der Waals surface area contributed by atoms with Crippen molar-refractivity contribution in [1.29, 1.82) is 0 Å². The third-order valence-corrected chi connectivity index (χ3v) is 3.36. The summed E-state index contributed by atoms with van der Waals surface area (Å²) in [5.74, 6) is -0.369. The monoisotopic (exact) mass is 275 g/mol. The Hall–Kier alpha value is -2.14. The minimum Gasteiger partial charge on any atom is -0.507 e. The molecule has 0 bridgehead atoms. The molecule has 2 rings (SSSR count). The van der Waals surface area contributed by atoms with Gasteiger partial charge in [-0.25, -0.2) is 4.79 Å². The molecule has 1 aromatic carbocycles. The highest BCUT2D eigenvalue weighted by Gasteiger charge is 2.11. The van der Waals surface area contributed by atoms with Crippen LogP contribution in [0.15, 0.2) is 46.9 Å². The molecule has 0 radical (unpaired) electrons. The lowest BCUT2D eigenvalue weighted by atomic mass is 10.1. The van der Waals surface area contributed by atoms with E-state index >= 15 is 0 Å². The molecule has 1 heterocycles. The Labute approximate surface area is 115 Å². The molecule has 0 aliphatic carbocycles. The first kappa shape index (κ1) is 13.3. The number of nitrogens with zero attached hydrogens (tertiary/aromatic N) is 1. The summed E-state index contributed by atoms with van der Waals surface area (Å²) in [5.41, 5.74) is 1.10. The van der Waals surface area contributed by atoms with Crippen LogP contribution in [0.2, 0.25) is 0 Å². The van der Waals surface area contributed by atoms with E-state index in [2.05, 4.69) is 5.16 Å². The second-order valence-corrected chi connectivity index (χ2v) is 4.71. The van der Waals surface area contributed by atoms with Crippen molar-refractivity contribution < 1.29 is 14.7 Å². The van der Waals surface area contributed by atoms with Crippen molar-refractivity contribution in [3.8, 4) is 5.75 Å². The molecule has 2 aromatic rings. The van der Waals surface area contributed by atoms with Gasteiger partial charge < -0.3 is 9.94 Å². The average Bonchev–Trinajstić information content (AvgIpc) is 2.95. The fraction of sp³-hybridized carbons (Fsp3) is 0.143. The number of hydrogen-bond donors (Lipinski definition) is 1. The lowest BCUT2D eigenvalue weighted by Gasteiger charge is -2.05. The van der Waals surface area contributed by atoms with Gasteiger partial charge in [0.25, 0.3) is 0 Å². The third-order valence-electron chi connectivity index (χ3n) is 2.51. The number of phenolic OH excluding ortho intramolecular Hbond substituents is 1. The van der Waals surface area contributed by atoms with Crippen LogP contribution in [0.5, 0.6) is 5.75 Å². The first-order valence-corrected chi connectivity index (χ1v) is 6.70. The Kier molecular flexibility index (Phi) is 4.30. The smallest absolute Gasteiger partial charge is 0.375 e. The van der Waals surface area contributed by atoms with E-state index in [1.807, 2.05) is 6.92 Å². The highest BCUT2D eigenvalue weighted by atomic mass is 32.1. The number of hydrogen-bond acceptors (Lipinski definition) is 5. The van der Waals surface area contributed by atoms with Crippen LogP contribution in [0.3, 0.4) is 0 Å². The molecule has 0 saturated carbocycles. The maximum Gasteiger partial charge on any atom is 0.375 e. The number of benzene rings is 1. The predicted molar refractivity (Wildman–Crippen MR) is 74.7 cm³/mol. The van der Waals surface area contributed by atoms with Crippen LogP contribution in [-0.2, 0) is 4.84 Å². The van der Waals surface area contributed by atoms with Gasteiger partial charge in [-0.2, -0.15) is 0 Å². The van der Waals surface area contributed by atoms with E-state index in [-0.39, 0.29) is 5.75 Å². The van der Waals surface area contributed by atoms with E-state index < -0.39 is 5.97 Å². The molecule has 98 valence electrons. The molecule has 0 atom stereocenters. The van der Waals surface area contributed by atoms with Crippen molar-refractivity contribution in [3.05, 3.63) is 52.2 Å². The molecular weight excluding hydrogens is 262 g/mol. The maximum atomic E-state index is 11.7. The molecule has 0 aliphatic heterocycles. The highest BCUT2D eigenvalue weighted by Crippen LogP contribution is 2.18. The fourth-order valence-electron chi connectivity index (χ4n) is 1.56. The molecular formula is C14H13NO3S. The van der Waals surface area contributed by atoms with Gasteiger partial charge in [-0.15, -0.1) is 11.3 Å². The molecule has 19 heavy (non-hydrogen) atoms. The summed E-state index contributed by atoms with van der Waals surface area (Å²) in [6, 6.07) is 10.3. The van der Waals surface area contributed by atoms with Gasteiger partial charge in [0, 0.05) is 5.56 Å². The molecule has 0 aliphatic rings. The maximum absolute atomic E-state index is 11.7. The van der Waals surface area contributed by atoms with Crippen LogP contribution < -0.4 is 0 Å². The van der Waals surface area contributed by atoms with Gasteiger partial charge in [0.15, 0.2) is 0 Å². The van der Waals surface area contributed by atoms with Crippen molar-refractivity contribution in [2.24, 2.45) is 5.16 Å². The van der Waals surface area contributed by atoms with Crippen LogP contribution in [0.4, 0.5) is 0 Å². The third kappa shape index (κ3) is 3.20. The van der Waals surface area contributed by atoms with Crippen molar-refractivity contribution in [2.45, 2.75) is 13.3 Å². The molecule has 5 heteroatoms. The molecule has 0 saturated heterocycles. The van der Waals surface area contributed by atoms with Crippen LogP contribution in [0.1, 0.15) is 28.6 Å². The van der Waals surface area contributed by atoms with Crippen molar-refractivity contribution in [2.75, 3.05) is 0 Å². The van der Waals surface area contributed by atoms with Crippen molar-refractivity contribution in [3.63, 3.8) is 0 Å². The summed E-state index contributed by atoms with van der Waals surface area (Å²) in [7, 11) is 0. The zero-order valence-corrected chi connectivity index (χ0v) is 11.2. The largest absolute Gasteiger partial charge is 0.507 e. The van der Waals surface area contributed by atoms with E-state index in [9.17, 15) is 9.90 Å². The number of para-hydroxylation sites is 1. The Morgan fingerprint density at radius 3 is 2.74 bits per heavy atom. The van der Waals surface area contributed by atoms with Crippen LogP contribution in [-0.4, -0.2) is 16.8 Å². The van der Waals surface area contributed by atoms with E-state index in [0.29, 0.717) is 22.6 Å². The summed E-state index contributed by atoms with van der Waals surface area (Å²) < 4.78 is 0. The van der Waals surface area contributed by atoms with Crippen LogP contribution in [0.25, 0.3) is 0 Å². The summed E-state index contributed by atoms with van der Waals surface area (Å²) in [5, 5.41) is 15.4. The van der Waals surface area contributed by atoms with Gasteiger partial charge in [-0.05, 0) is 30.0 Å². The summed E-state index contributed by atoms with van der Waals surface area (Å²) >= 11 is 1.30. The second-order valence-electron chi connectivity index (χ2n) is 3.76. The van der Waals surface area contributed by atoms with Gasteiger partial charge in [0.1, 0.15) is 10.6 Å². The Morgan fingerprint density at radius 1 is 1.32 bits per heavy atom. The molecule has 1 aromatic heterocycles. The first-order valence-electron chi connectivity index (χ1n) is 5.82. The van der Waals surface area contributed by atoms with E-state index in [4.69, 9.17) is 4.84 Å². The molecule has 0 fully saturated rings. The molecule has 0 amide bonds. The molecule has 4 nitrogen and oxygen atoms in total. The first-order chi connectivity index (χ1) is 9.22. The predicted octanol–water partition coefficient (Wildman–Crippen LogP) is 3.42. The highest BCUT2D eigenvalue weighted by molar-refractivity contribution is 7.11. The Balaban J connectivity index is 2.16. The van der Waals surface area contributed by atoms with Crippen molar-refractivity contribution >= 4 is 23.0 Å². The van der Waals surface area contributed by atoms with Gasteiger partial charge in [0.05, 0.1) is 5.71 Å². The standard InChI is InChI=1S/C14H13NO3S/c1-2-11(10-6-3-4-7-12(10)16)15-18-14(17)13-8-5-9-19-13/h3-9,16H,2H2,1H3. The van der Waals surface area contributed by atoms with Crippen molar-refractivity contribution in [1.82, 2.24) is 0 Å². The Bertz CT molecular complexity index is 590. The summed E-state index contributed by atoms with van der Waals surface area (Å²) in [6.45, 7) is 1.88.